The number of fused-ring (bicyclic) bond motifs is 1. The highest BCUT2D eigenvalue weighted by molar-refractivity contribution is 5.85. The van der Waals surface area contributed by atoms with E-state index < -0.39 is 18.1 Å². The first-order valence-electron chi connectivity index (χ1n) is 7.22. The summed E-state index contributed by atoms with van der Waals surface area (Å²) in [4.78, 5) is 25.0. The number of hydrogen-bond donors (Lipinski definition) is 2. The van der Waals surface area contributed by atoms with Crippen LogP contribution in [-0.4, -0.2) is 40.7 Å². The van der Waals surface area contributed by atoms with E-state index in [0.717, 1.165) is 5.56 Å². The lowest BCUT2D eigenvalue weighted by Gasteiger charge is -2.22. The Bertz CT molecular complexity index is 607. The fraction of sp³-hybridized carbons (Fsp3) is 0.375. The van der Waals surface area contributed by atoms with Gasteiger partial charge in [-0.15, -0.1) is 12.4 Å². The van der Waals surface area contributed by atoms with E-state index in [2.05, 4.69) is 0 Å². The van der Waals surface area contributed by atoms with Gasteiger partial charge in [0.2, 0.25) is 0 Å². The van der Waals surface area contributed by atoms with Gasteiger partial charge in [0.1, 0.15) is 12.6 Å². The Morgan fingerprint density at radius 1 is 1.26 bits per heavy atom. The van der Waals surface area contributed by atoms with Crippen molar-refractivity contribution in [1.29, 1.82) is 0 Å². The van der Waals surface area contributed by atoms with E-state index in [4.69, 9.17) is 10.5 Å². The van der Waals surface area contributed by atoms with Crippen molar-refractivity contribution in [3.8, 4) is 0 Å². The molecular formula is C16H19ClN2O4. The second-order valence-electron chi connectivity index (χ2n) is 5.68. The van der Waals surface area contributed by atoms with Gasteiger partial charge in [-0.1, -0.05) is 42.5 Å². The van der Waals surface area contributed by atoms with Gasteiger partial charge in [-0.3, -0.25) is 4.90 Å². The Labute approximate surface area is 140 Å². The Kier molecular flexibility index (Phi) is 5.28. The average Bonchev–Trinajstić information content (AvgIpc) is 3.06. The number of carboxylic acid groups (broad SMARTS) is 1. The normalized spacial score (nSPS) is 28.1. The highest BCUT2D eigenvalue weighted by atomic mass is 35.5. The first kappa shape index (κ1) is 17.3. The number of amides is 1. The molecule has 6 nitrogen and oxygen atoms in total. The molecule has 1 aromatic rings. The van der Waals surface area contributed by atoms with Crippen LogP contribution in [0.15, 0.2) is 42.5 Å². The van der Waals surface area contributed by atoms with Crippen molar-refractivity contribution in [2.24, 2.45) is 17.6 Å². The van der Waals surface area contributed by atoms with Crippen LogP contribution in [0.1, 0.15) is 5.56 Å². The van der Waals surface area contributed by atoms with E-state index in [1.807, 2.05) is 36.4 Å². The van der Waals surface area contributed by atoms with Crippen molar-refractivity contribution in [3.63, 3.8) is 0 Å². The number of carbonyl (C=O) groups excluding carboxylic acids is 1. The van der Waals surface area contributed by atoms with E-state index in [0.29, 0.717) is 6.54 Å². The topological polar surface area (TPSA) is 92.9 Å². The van der Waals surface area contributed by atoms with Crippen LogP contribution in [0.2, 0.25) is 0 Å². The molecule has 0 bridgehead atoms. The lowest BCUT2D eigenvalue weighted by Crippen LogP contribution is -2.43. The van der Waals surface area contributed by atoms with E-state index in [1.165, 1.54) is 4.90 Å². The minimum atomic E-state index is -1.03. The number of halogens is 1. The van der Waals surface area contributed by atoms with Crippen molar-refractivity contribution >= 4 is 24.5 Å². The summed E-state index contributed by atoms with van der Waals surface area (Å²) in [6.45, 7) is 0.434. The lowest BCUT2D eigenvalue weighted by atomic mass is 9.92. The summed E-state index contributed by atoms with van der Waals surface area (Å²) >= 11 is 0. The molecule has 0 radical (unpaired) electrons. The van der Waals surface area contributed by atoms with Crippen molar-refractivity contribution in [2.75, 3.05) is 6.54 Å². The van der Waals surface area contributed by atoms with Crippen molar-refractivity contribution in [2.45, 2.75) is 18.7 Å². The Hall–Kier alpha value is -2.05. The predicted octanol–water partition coefficient (Wildman–Crippen LogP) is 1.64. The summed E-state index contributed by atoms with van der Waals surface area (Å²) in [6, 6.07) is 8.16. The van der Waals surface area contributed by atoms with Crippen LogP contribution in [0.5, 0.6) is 0 Å². The van der Waals surface area contributed by atoms with Gasteiger partial charge in [0.25, 0.3) is 0 Å². The highest BCUT2D eigenvalue weighted by Gasteiger charge is 2.50. The summed E-state index contributed by atoms with van der Waals surface area (Å²) in [7, 11) is 0. The number of aliphatic carboxylic acids is 1. The number of carboxylic acids is 1. The minimum Gasteiger partial charge on any atom is -0.480 e. The zero-order valence-electron chi connectivity index (χ0n) is 12.4. The molecule has 3 N–H and O–H groups in total. The van der Waals surface area contributed by atoms with E-state index in [9.17, 15) is 14.7 Å². The first-order valence-corrected chi connectivity index (χ1v) is 7.22. The number of rotatable bonds is 3. The molecule has 23 heavy (non-hydrogen) atoms. The molecule has 1 saturated heterocycles. The molecule has 0 aromatic heterocycles. The predicted molar refractivity (Wildman–Crippen MR) is 86.1 cm³/mol. The van der Waals surface area contributed by atoms with Gasteiger partial charge in [-0.2, -0.15) is 0 Å². The molecule has 0 saturated carbocycles. The monoisotopic (exact) mass is 338 g/mol. The minimum absolute atomic E-state index is 0. The Morgan fingerprint density at radius 2 is 1.96 bits per heavy atom. The van der Waals surface area contributed by atoms with Crippen molar-refractivity contribution < 1.29 is 19.4 Å². The molecule has 0 spiro atoms. The van der Waals surface area contributed by atoms with Crippen LogP contribution in [-0.2, 0) is 16.1 Å². The second kappa shape index (κ2) is 7.02. The van der Waals surface area contributed by atoms with Gasteiger partial charge in [0.05, 0.1) is 0 Å². The molecular weight excluding hydrogens is 320 g/mol. The third-order valence-electron chi connectivity index (χ3n) is 4.34. The molecule has 1 aliphatic heterocycles. The van der Waals surface area contributed by atoms with Gasteiger partial charge in [-0.25, -0.2) is 9.59 Å². The molecule has 3 rings (SSSR count). The Morgan fingerprint density at radius 3 is 2.61 bits per heavy atom. The molecule has 4 atom stereocenters. The largest absolute Gasteiger partial charge is 0.480 e. The zero-order chi connectivity index (χ0) is 15.7. The summed E-state index contributed by atoms with van der Waals surface area (Å²) in [6.07, 6.45) is 3.02. The SMILES string of the molecule is Cl.NC1C=CC2C1CN(C(=O)OCc1ccccc1)C2C(=O)O. The number of carbonyl (C=O) groups is 2. The maximum Gasteiger partial charge on any atom is 0.410 e. The molecule has 4 unspecified atom stereocenters. The van der Waals surface area contributed by atoms with Gasteiger partial charge >= 0.3 is 12.1 Å². The first-order chi connectivity index (χ1) is 10.6. The van der Waals surface area contributed by atoms with E-state index in [1.54, 1.807) is 6.08 Å². The van der Waals surface area contributed by atoms with Crippen LogP contribution >= 0.6 is 12.4 Å². The molecule has 2 aliphatic rings. The van der Waals surface area contributed by atoms with Gasteiger partial charge in [0, 0.05) is 24.4 Å². The van der Waals surface area contributed by atoms with Crippen molar-refractivity contribution in [3.05, 3.63) is 48.0 Å². The van der Waals surface area contributed by atoms with E-state index >= 15 is 0 Å². The Balaban J connectivity index is 0.00000192. The van der Waals surface area contributed by atoms with Crippen molar-refractivity contribution in [1.82, 2.24) is 4.90 Å². The van der Waals surface area contributed by atoms with Gasteiger partial charge in [0.15, 0.2) is 0 Å². The summed E-state index contributed by atoms with van der Waals surface area (Å²) < 4.78 is 5.25. The summed E-state index contributed by atoms with van der Waals surface area (Å²) in [5, 5.41) is 9.43. The molecule has 1 fully saturated rings. The fourth-order valence-corrected chi connectivity index (χ4v) is 3.22. The van der Waals surface area contributed by atoms with Gasteiger partial charge < -0.3 is 15.6 Å². The van der Waals surface area contributed by atoms with Crippen LogP contribution in [0.25, 0.3) is 0 Å². The fourth-order valence-electron chi connectivity index (χ4n) is 3.22. The second-order valence-corrected chi connectivity index (χ2v) is 5.68. The lowest BCUT2D eigenvalue weighted by molar-refractivity contribution is -0.142. The third-order valence-corrected chi connectivity index (χ3v) is 4.34. The molecule has 1 amide bonds. The number of benzene rings is 1. The van der Waals surface area contributed by atoms with Crippen LogP contribution in [0.3, 0.4) is 0 Å². The number of likely N-dealkylation sites (tertiary alicyclic amines) is 1. The third kappa shape index (κ3) is 3.33. The van der Waals surface area contributed by atoms with Crippen LogP contribution in [0.4, 0.5) is 4.79 Å². The maximum atomic E-state index is 12.2. The molecule has 1 aliphatic carbocycles. The summed E-state index contributed by atoms with van der Waals surface area (Å²) in [5.74, 6) is -1.31. The summed E-state index contributed by atoms with van der Waals surface area (Å²) in [5.41, 5.74) is 6.81. The maximum absolute atomic E-state index is 12.2. The van der Waals surface area contributed by atoms with E-state index in [-0.39, 0.29) is 36.9 Å². The number of nitrogens with two attached hydrogens (primary N) is 1. The van der Waals surface area contributed by atoms with Crippen LogP contribution in [0, 0.1) is 11.8 Å². The highest BCUT2D eigenvalue weighted by Crippen LogP contribution is 2.37. The smallest absolute Gasteiger partial charge is 0.410 e. The molecule has 7 heteroatoms. The molecule has 124 valence electrons. The quantitative estimate of drug-likeness (QED) is 0.817. The molecule has 1 aromatic carbocycles. The van der Waals surface area contributed by atoms with Gasteiger partial charge in [-0.05, 0) is 5.56 Å². The number of ether oxygens (including phenoxy) is 1. The van der Waals surface area contributed by atoms with Crippen LogP contribution < -0.4 is 5.73 Å². The average molecular weight is 339 g/mol. The number of nitrogens with zero attached hydrogens (tertiary/aromatic N) is 1. The zero-order valence-corrected chi connectivity index (χ0v) is 13.2. The standard InChI is InChI=1S/C16H18N2O4.ClH/c17-13-7-6-11-12(13)8-18(14(11)15(19)20)16(21)22-9-10-4-2-1-3-5-10;/h1-7,11-14H,8-9,17H2,(H,19,20);1H. The number of hydrogen-bond acceptors (Lipinski definition) is 4. The molecule has 1 heterocycles.